The predicted molar refractivity (Wildman–Crippen MR) is 50.3 cm³/mol. The molecule has 0 bridgehead atoms. The van der Waals surface area contributed by atoms with E-state index in [4.69, 9.17) is 0 Å². The highest BCUT2D eigenvalue weighted by Crippen LogP contribution is 1.89. The highest BCUT2D eigenvalue weighted by atomic mass is 16.5. The Balaban J connectivity index is 3.30. The van der Waals surface area contributed by atoms with Crippen molar-refractivity contribution in [1.29, 1.82) is 0 Å². The lowest BCUT2D eigenvalue weighted by Gasteiger charge is -2.12. The lowest BCUT2D eigenvalue weighted by molar-refractivity contribution is -0.143. The number of aliphatic hydroxyl groups is 1. The average molecular weight is 189 g/mol. The molecule has 2 N–H and O–H groups in total. The summed E-state index contributed by atoms with van der Waals surface area (Å²) in [7, 11) is 0. The molecule has 0 heterocycles. The smallest absolute Gasteiger partial charge is 0.302 e. The predicted octanol–water partition coefficient (Wildman–Crippen LogP) is 0.156. The number of hydrogen-bond donors (Lipinski definition) is 2. The first-order valence-electron chi connectivity index (χ1n) is 4.54. The Hall–Kier alpha value is -0.610. The van der Waals surface area contributed by atoms with E-state index < -0.39 is 6.10 Å². The van der Waals surface area contributed by atoms with E-state index in [0.29, 0.717) is 12.5 Å². The third-order valence-corrected chi connectivity index (χ3v) is 1.41. The number of rotatable bonds is 6. The monoisotopic (exact) mass is 189 g/mol. The van der Waals surface area contributed by atoms with Gasteiger partial charge in [0.25, 0.3) is 0 Å². The second-order valence-electron chi connectivity index (χ2n) is 3.51. The van der Waals surface area contributed by atoms with E-state index in [1.165, 1.54) is 6.92 Å². The van der Waals surface area contributed by atoms with E-state index in [-0.39, 0.29) is 12.6 Å². The number of aliphatic hydroxyl groups excluding tert-OH is 1. The van der Waals surface area contributed by atoms with Crippen LogP contribution in [-0.2, 0) is 9.53 Å². The molecule has 0 radical (unpaired) electrons. The van der Waals surface area contributed by atoms with E-state index in [2.05, 4.69) is 23.9 Å². The van der Waals surface area contributed by atoms with Crippen LogP contribution in [0.3, 0.4) is 0 Å². The van der Waals surface area contributed by atoms with Crippen LogP contribution < -0.4 is 5.32 Å². The quantitative estimate of drug-likeness (QED) is 0.584. The number of ether oxygens (including phenoxy) is 1. The first-order chi connectivity index (χ1) is 6.02. The first-order valence-corrected chi connectivity index (χ1v) is 4.54. The van der Waals surface area contributed by atoms with Gasteiger partial charge in [0.15, 0.2) is 0 Å². The van der Waals surface area contributed by atoms with E-state index >= 15 is 0 Å². The Bertz CT molecular complexity index is 148. The van der Waals surface area contributed by atoms with Crippen molar-refractivity contribution in [3.8, 4) is 0 Å². The molecule has 0 aliphatic carbocycles. The molecular weight excluding hydrogens is 170 g/mol. The van der Waals surface area contributed by atoms with Gasteiger partial charge in [-0.3, -0.25) is 4.79 Å². The molecular formula is C9H19NO3. The summed E-state index contributed by atoms with van der Waals surface area (Å²) in [5, 5.41) is 12.3. The minimum Gasteiger partial charge on any atom is -0.463 e. The Morgan fingerprint density at radius 1 is 1.46 bits per heavy atom. The summed E-state index contributed by atoms with van der Waals surface area (Å²) in [5.74, 6) is 0.198. The molecule has 0 saturated carbocycles. The molecule has 0 aliphatic rings. The van der Waals surface area contributed by atoms with Gasteiger partial charge in [-0.05, 0) is 12.5 Å². The van der Waals surface area contributed by atoms with Crippen LogP contribution in [0.25, 0.3) is 0 Å². The Morgan fingerprint density at radius 3 is 2.54 bits per heavy atom. The Kier molecular flexibility index (Phi) is 6.54. The lowest BCUT2D eigenvalue weighted by atomic mass is 10.2. The number of carbonyl (C=O) groups excluding carboxylic acids is 1. The molecule has 1 unspecified atom stereocenters. The van der Waals surface area contributed by atoms with E-state index in [1.54, 1.807) is 0 Å². The van der Waals surface area contributed by atoms with Gasteiger partial charge < -0.3 is 15.2 Å². The minimum atomic E-state index is -0.609. The summed E-state index contributed by atoms with van der Waals surface area (Å²) in [5.41, 5.74) is 0. The van der Waals surface area contributed by atoms with Gasteiger partial charge in [-0.25, -0.2) is 0 Å². The summed E-state index contributed by atoms with van der Waals surface area (Å²) < 4.78 is 4.63. The van der Waals surface area contributed by atoms with Gasteiger partial charge in [-0.1, -0.05) is 13.8 Å². The highest BCUT2D eigenvalue weighted by Gasteiger charge is 2.05. The van der Waals surface area contributed by atoms with E-state index in [9.17, 15) is 9.90 Å². The molecule has 4 nitrogen and oxygen atoms in total. The van der Waals surface area contributed by atoms with Crippen molar-refractivity contribution in [1.82, 2.24) is 5.32 Å². The van der Waals surface area contributed by atoms with Crippen molar-refractivity contribution in [3.63, 3.8) is 0 Å². The van der Waals surface area contributed by atoms with Gasteiger partial charge in [-0.15, -0.1) is 0 Å². The third-order valence-electron chi connectivity index (χ3n) is 1.41. The molecule has 13 heavy (non-hydrogen) atoms. The summed E-state index contributed by atoms with van der Waals surface area (Å²) in [6, 6.07) is 0. The van der Waals surface area contributed by atoms with Crippen LogP contribution in [0.4, 0.5) is 0 Å². The molecule has 0 aromatic rings. The zero-order valence-electron chi connectivity index (χ0n) is 8.54. The summed E-state index contributed by atoms with van der Waals surface area (Å²) >= 11 is 0. The van der Waals surface area contributed by atoms with Crippen molar-refractivity contribution in [2.75, 3.05) is 19.7 Å². The second-order valence-corrected chi connectivity index (χ2v) is 3.51. The molecule has 1 atom stereocenters. The normalized spacial score (nSPS) is 13.0. The summed E-state index contributed by atoms with van der Waals surface area (Å²) in [6.07, 6.45) is -0.609. The molecule has 78 valence electrons. The van der Waals surface area contributed by atoms with Crippen LogP contribution in [0.1, 0.15) is 20.8 Å². The molecule has 4 heteroatoms. The number of hydrogen-bond acceptors (Lipinski definition) is 4. The zero-order chi connectivity index (χ0) is 10.3. The molecule has 0 aromatic heterocycles. The topological polar surface area (TPSA) is 58.6 Å². The van der Waals surface area contributed by atoms with Crippen LogP contribution in [0, 0.1) is 5.92 Å². The number of esters is 1. The molecule has 0 spiro atoms. The van der Waals surface area contributed by atoms with Crippen molar-refractivity contribution >= 4 is 5.97 Å². The van der Waals surface area contributed by atoms with E-state index in [1.807, 2.05) is 0 Å². The molecule has 0 amide bonds. The summed E-state index contributed by atoms with van der Waals surface area (Å²) in [6.45, 7) is 6.90. The largest absolute Gasteiger partial charge is 0.463 e. The lowest BCUT2D eigenvalue weighted by Crippen LogP contribution is -2.32. The maximum absolute atomic E-state index is 10.4. The zero-order valence-corrected chi connectivity index (χ0v) is 8.54. The van der Waals surface area contributed by atoms with Crippen molar-refractivity contribution < 1.29 is 14.6 Å². The van der Waals surface area contributed by atoms with Crippen molar-refractivity contribution in [2.45, 2.75) is 26.9 Å². The third kappa shape index (κ3) is 9.30. The fraction of sp³-hybridized carbons (Fsp3) is 0.889. The van der Waals surface area contributed by atoms with Crippen molar-refractivity contribution in [2.24, 2.45) is 5.92 Å². The SMILES string of the molecule is CC(=O)OCC(O)CNCC(C)C. The van der Waals surface area contributed by atoms with Crippen LogP contribution in [0.15, 0.2) is 0 Å². The fourth-order valence-corrected chi connectivity index (χ4v) is 0.811. The molecule has 0 aromatic carbocycles. The number of nitrogens with one attached hydrogen (secondary N) is 1. The van der Waals surface area contributed by atoms with Gasteiger partial charge in [0.1, 0.15) is 12.7 Å². The number of carbonyl (C=O) groups is 1. The molecule has 0 aliphatic heterocycles. The van der Waals surface area contributed by atoms with Crippen LogP contribution >= 0.6 is 0 Å². The van der Waals surface area contributed by atoms with Crippen LogP contribution in [0.2, 0.25) is 0 Å². The first kappa shape index (κ1) is 12.4. The molecule has 0 fully saturated rings. The molecule has 0 saturated heterocycles. The van der Waals surface area contributed by atoms with Crippen LogP contribution in [-0.4, -0.2) is 36.9 Å². The molecule has 0 rings (SSSR count). The van der Waals surface area contributed by atoms with E-state index in [0.717, 1.165) is 6.54 Å². The summed E-state index contributed by atoms with van der Waals surface area (Å²) in [4.78, 5) is 10.4. The van der Waals surface area contributed by atoms with Gasteiger partial charge in [0, 0.05) is 13.5 Å². The van der Waals surface area contributed by atoms with Gasteiger partial charge in [-0.2, -0.15) is 0 Å². The van der Waals surface area contributed by atoms with Gasteiger partial charge >= 0.3 is 5.97 Å². The Labute approximate surface area is 79.3 Å². The second kappa shape index (κ2) is 6.86. The van der Waals surface area contributed by atoms with Crippen LogP contribution in [0.5, 0.6) is 0 Å². The minimum absolute atomic E-state index is 0.0699. The maximum Gasteiger partial charge on any atom is 0.302 e. The Morgan fingerprint density at radius 2 is 2.08 bits per heavy atom. The fourth-order valence-electron chi connectivity index (χ4n) is 0.811. The van der Waals surface area contributed by atoms with Gasteiger partial charge in [0.2, 0.25) is 0 Å². The maximum atomic E-state index is 10.4. The van der Waals surface area contributed by atoms with Gasteiger partial charge in [0.05, 0.1) is 0 Å². The highest BCUT2D eigenvalue weighted by molar-refractivity contribution is 5.65. The average Bonchev–Trinajstić information content (AvgIpc) is 2.00. The standard InChI is InChI=1S/C9H19NO3/c1-7(2)4-10-5-9(12)6-13-8(3)11/h7,9-10,12H,4-6H2,1-3H3. The van der Waals surface area contributed by atoms with Crippen molar-refractivity contribution in [3.05, 3.63) is 0 Å².